The van der Waals surface area contributed by atoms with Crippen LogP contribution in [0.5, 0.6) is 5.75 Å². The molecule has 28 heavy (non-hydrogen) atoms. The van der Waals surface area contributed by atoms with E-state index < -0.39 is 10.0 Å². The molecule has 0 aromatic heterocycles. The van der Waals surface area contributed by atoms with Gasteiger partial charge in [0.2, 0.25) is 0 Å². The molecule has 3 N–H and O–H groups in total. The Labute approximate surface area is 172 Å². The van der Waals surface area contributed by atoms with E-state index in [2.05, 4.69) is 15.4 Å². The van der Waals surface area contributed by atoms with Gasteiger partial charge in [0.05, 0.1) is 11.5 Å². The van der Waals surface area contributed by atoms with Crippen LogP contribution in [0.4, 0.5) is 5.69 Å². The summed E-state index contributed by atoms with van der Waals surface area (Å²) in [5, 5.41) is 5.81. The topological polar surface area (TPSA) is 96.5 Å². The third kappa shape index (κ3) is 7.03. The molecular weight excluding hydrogens is 402 g/mol. The second kappa shape index (κ2) is 11.5. The molecule has 154 valence electrons. The van der Waals surface area contributed by atoms with Gasteiger partial charge in [-0.2, -0.15) is 0 Å². The molecule has 0 aliphatic carbocycles. The number of hydrogen-bond acceptors (Lipinski definition) is 5. The molecule has 0 aliphatic heterocycles. The van der Waals surface area contributed by atoms with E-state index >= 15 is 0 Å². The lowest BCUT2D eigenvalue weighted by Gasteiger charge is -2.11. The number of anilines is 1. The van der Waals surface area contributed by atoms with Crippen molar-refractivity contribution < 1.29 is 17.9 Å². The van der Waals surface area contributed by atoms with E-state index in [1.165, 1.54) is 18.2 Å². The number of sulfonamides is 1. The number of carbonyl (C=O) groups excluding carboxylic acids is 1. The third-order valence-electron chi connectivity index (χ3n) is 3.71. The molecule has 2 aromatic carbocycles. The highest BCUT2D eigenvalue weighted by molar-refractivity contribution is 7.92. The van der Waals surface area contributed by atoms with Crippen LogP contribution in [0, 0.1) is 0 Å². The largest absolute Gasteiger partial charge is 0.494 e. The lowest BCUT2D eigenvalue weighted by atomic mass is 10.2. The predicted octanol–water partition coefficient (Wildman–Crippen LogP) is 2.65. The Hall–Kier alpha value is -2.29. The van der Waals surface area contributed by atoms with Crippen molar-refractivity contribution in [3.63, 3.8) is 0 Å². The summed E-state index contributed by atoms with van der Waals surface area (Å²) in [6.45, 7) is 3.72. The lowest BCUT2D eigenvalue weighted by molar-refractivity contribution is 0.0953. The van der Waals surface area contributed by atoms with E-state index in [-0.39, 0.29) is 23.2 Å². The SMILES string of the molecule is CCOc1ccc(S(=O)(=O)Nc2cccc(C(=O)NCCCNC)c2)cc1.Cl. The fourth-order valence-electron chi connectivity index (χ4n) is 2.39. The highest BCUT2D eigenvalue weighted by Gasteiger charge is 2.15. The molecule has 0 atom stereocenters. The number of amides is 1. The molecule has 0 saturated carbocycles. The number of rotatable bonds is 10. The molecule has 2 aromatic rings. The van der Waals surface area contributed by atoms with Crippen LogP contribution in [-0.2, 0) is 10.0 Å². The molecule has 0 spiro atoms. The maximum absolute atomic E-state index is 12.5. The zero-order valence-electron chi connectivity index (χ0n) is 15.9. The summed E-state index contributed by atoms with van der Waals surface area (Å²) < 4.78 is 32.9. The molecule has 2 rings (SSSR count). The van der Waals surface area contributed by atoms with Crippen LogP contribution in [0.15, 0.2) is 53.4 Å². The first kappa shape index (κ1) is 23.7. The maximum Gasteiger partial charge on any atom is 0.261 e. The molecule has 0 radical (unpaired) electrons. The highest BCUT2D eigenvalue weighted by Crippen LogP contribution is 2.20. The van der Waals surface area contributed by atoms with Crippen molar-refractivity contribution in [3.8, 4) is 5.75 Å². The van der Waals surface area contributed by atoms with Crippen LogP contribution in [0.2, 0.25) is 0 Å². The van der Waals surface area contributed by atoms with Gasteiger partial charge in [-0.05, 0) is 69.4 Å². The molecule has 0 unspecified atom stereocenters. The first-order valence-corrected chi connectivity index (χ1v) is 10.2. The van der Waals surface area contributed by atoms with Crippen molar-refractivity contribution >= 4 is 34.0 Å². The number of benzene rings is 2. The summed E-state index contributed by atoms with van der Waals surface area (Å²) in [6.07, 6.45) is 0.812. The Bertz CT molecular complexity index is 858. The number of halogens is 1. The fourth-order valence-corrected chi connectivity index (χ4v) is 3.44. The summed E-state index contributed by atoms with van der Waals surface area (Å²) in [6, 6.07) is 12.6. The minimum absolute atomic E-state index is 0. The Kier molecular flexibility index (Phi) is 9.78. The van der Waals surface area contributed by atoms with Crippen molar-refractivity contribution in [2.45, 2.75) is 18.2 Å². The van der Waals surface area contributed by atoms with Crippen LogP contribution in [-0.4, -0.2) is 41.1 Å². The van der Waals surface area contributed by atoms with E-state index in [0.29, 0.717) is 30.2 Å². The van der Waals surface area contributed by atoms with Gasteiger partial charge in [-0.3, -0.25) is 9.52 Å². The Balaban J connectivity index is 0.00000392. The van der Waals surface area contributed by atoms with Gasteiger partial charge in [-0.25, -0.2) is 8.42 Å². The zero-order valence-corrected chi connectivity index (χ0v) is 17.5. The molecule has 0 heterocycles. The van der Waals surface area contributed by atoms with Gasteiger partial charge < -0.3 is 15.4 Å². The normalized spacial score (nSPS) is 10.6. The Morgan fingerprint density at radius 2 is 1.79 bits per heavy atom. The van der Waals surface area contributed by atoms with Crippen LogP contribution >= 0.6 is 12.4 Å². The minimum Gasteiger partial charge on any atom is -0.494 e. The van der Waals surface area contributed by atoms with Gasteiger partial charge in [0.15, 0.2) is 0 Å². The molecule has 1 amide bonds. The van der Waals surface area contributed by atoms with Gasteiger partial charge >= 0.3 is 0 Å². The second-order valence-electron chi connectivity index (χ2n) is 5.80. The molecule has 9 heteroatoms. The minimum atomic E-state index is -3.76. The summed E-state index contributed by atoms with van der Waals surface area (Å²) in [4.78, 5) is 12.3. The fraction of sp³-hybridized carbons (Fsp3) is 0.316. The number of carbonyl (C=O) groups is 1. The first-order valence-electron chi connectivity index (χ1n) is 8.75. The van der Waals surface area contributed by atoms with E-state index in [1.807, 2.05) is 14.0 Å². The van der Waals surface area contributed by atoms with Crippen LogP contribution in [0.25, 0.3) is 0 Å². The lowest BCUT2D eigenvalue weighted by Crippen LogP contribution is -2.26. The van der Waals surface area contributed by atoms with Crippen LogP contribution in [0.1, 0.15) is 23.7 Å². The average Bonchev–Trinajstić information content (AvgIpc) is 2.66. The summed E-state index contributed by atoms with van der Waals surface area (Å²) in [5.41, 5.74) is 0.720. The van der Waals surface area contributed by atoms with Gasteiger partial charge in [0.25, 0.3) is 15.9 Å². The molecule has 0 aliphatic rings. The molecule has 0 fully saturated rings. The Morgan fingerprint density at radius 1 is 1.07 bits per heavy atom. The summed E-state index contributed by atoms with van der Waals surface area (Å²) in [5.74, 6) is 0.363. The van der Waals surface area contributed by atoms with Gasteiger partial charge in [-0.15, -0.1) is 12.4 Å². The monoisotopic (exact) mass is 427 g/mol. The van der Waals surface area contributed by atoms with E-state index in [0.717, 1.165) is 13.0 Å². The van der Waals surface area contributed by atoms with E-state index in [1.54, 1.807) is 30.3 Å². The van der Waals surface area contributed by atoms with Gasteiger partial charge in [-0.1, -0.05) is 6.07 Å². The molecule has 0 bridgehead atoms. The number of nitrogens with one attached hydrogen (secondary N) is 3. The van der Waals surface area contributed by atoms with E-state index in [4.69, 9.17) is 4.74 Å². The predicted molar refractivity (Wildman–Crippen MR) is 113 cm³/mol. The smallest absolute Gasteiger partial charge is 0.261 e. The van der Waals surface area contributed by atoms with Crippen molar-refractivity contribution in [1.82, 2.24) is 10.6 Å². The van der Waals surface area contributed by atoms with Crippen molar-refractivity contribution in [2.24, 2.45) is 0 Å². The van der Waals surface area contributed by atoms with Crippen molar-refractivity contribution in [3.05, 3.63) is 54.1 Å². The maximum atomic E-state index is 12.5. The number of hydrogen-bond donors (Lipinski definition) is 3. The number of ether oxygens (including phenoxy) is 1. The van der Waals surface area contributed by atoms with Crippen LogP contribution in [0.3, 0.4) is 0 Å². The first-order chi connectivity index (χ1) is 13.0. The van der Waals surface area contributed by atoms with E-state index in [9.17, 15) is 13.2 Å². The molecular formula is C19H26ClN3O4S. The zero-order chi connectivity index (χ0) is 19.7. The third-order valence-corrected chi connectivity index (χ3v) is 5.11. The van der Waals surface area contributed by atoms with Crippen molar-refractivity contribution in [1.29, 1.82) is 0 Å². The summed E-state index contributed by atoms with van der Waals surface area (Å²) >= 11 is 0. The highest BCUT2D eigenvalue weighted by atomic mass is 35.5. The molecule has 7 nitrogen and oxygen atoms in total. The van der Waals surface area contributed by atoms with Crippen LogP contribution < -0.4 is 20.1 Å². The van der Waals surface area contributed by atoms with Gasteiger partial charge in [0, 0.05) is 17.8 Å². The van der Waals surface area contributed by atoms with Crippen molar-refractivity contribution in [2.75, 3.05) is 31.5 Å². The second-order valence-corrected chi connectivity index (χ2v) is 7.49. The molecule has 0 saturated heterocycles. The summed E-state index contributed by atoms with van der Waals surface area (Å²) in [7, 11) is -1.91. The standard InChI is InChI=1S/C19H25N3O4S.ClH/c1-3-26-17-8-10-18(11-9-17)27(24,25)22-16-7-4-6-15(14-16)19(23)21-13-5-12-20-2;/h4,6-11,14,20,22H,3,5,12-13H2,1-2H3,(H,21,23);1H. The van der Waals surface area contributed by atoms with Gasteiger partial charge in [0.1, 0.15) is 5.75 Å². The Morgan fingerprint density at radius 3 is 2.43 bits per heavy atom. The average molecular weight is 428 g/mol. The quantitative estimate of drug-likeness (QED) is 0.506.